The predicted octanol–water partition coefficient (Wildman–Crippen LogP) is 2.39. The van der Waals surface area contributed by atoms with Gasteiger partial charge in [-0.05, 0) is 13.3 Å². The van der Waals surface area contributed by atoms with Crippen LogP contribution in [0.25, 0.3) is 0 Å². The molecule has 0 aliphatic heterocycles. The van der Waals surface area contributed by atoms with Crippen LogP contribution >= 0.6 is 0 Å². The summed E-state index contributed by atoms with van der Waals surface area (Å²) < 4.78 is 0. The molecule has 0 aromatic carbocycles. The van der Waals surface area contributed by atoms with Crippen LogP contribution in [0.2, 0.25) is 0 Å². The molecule has 0 amide bonds. The van der Waals surface area contributed by atoms with E-state index in [-0.39, 0.29) is 31.0 Å². The fraction of sp³-hybridized carbons (Fsp3) is 0.933. The monoisotopic (exact) mass is 250 g/mol. The molecule has 2 heteroatoms. The second-order valence-corrected chi connectivity index (χ2v) is 4.99. The van der Waals surface area contributed by atoms with Gasteiger partial charge in [-0.1, -0.05) is 71.1 Å². The fourth-order valence-electron chi connectivity index (χ4n) is 2.04. The molecule has 0 saturated carbocycles. The Morgan fingerprint density at radius 3 is 1.47 bits per heavy atom. The van der Waals surface area contributed by atoms with E-state index in [0.29, 0.717) is 5.78 Å². The van der Waals surface area contributed by atoms with Crippen molar-refractivity contribution in [3.8, 4) is 0 Å². The molecule has 0 aromatic rings. The summed E-state index contributed by atoms with van der Waals surface area (Å²) in [5, 5.41) is 0. The maximum Gasteiger partial charge on any atom is 1.00 e. The second-order valence-electron chi connectivity index (χ2n) is 4.99. The molecule has 0 atom stereocenters. The van der Waals surface area contributed by atoms with E-state index >= 15 is 0 Å². The molecular formula is C15H31NaO. The van der Waals surface area contributed by atoms with E-state index in [1.54, 1.807) is 6.92 Å². The summed E-state index contributed by atoms with van der Waals surface area (Å²) in [5.41, 5.74) is 0. The number of Topliss-reactive ketones (excluding diaryl/α,β-unsaturated/α-hetero) is 1. The molecular weight excluding hydrogens is 219 g/mol. The average molecular weight is 250 g/mol. The van der Waals surface area contributed by atoms with Crippen LogP contribution in [-0.2, 0) is 4.79 Å². The van der Waals surface area contributed by atoms with Crippen molar-refractivity contribution >= 4 is 5.78 Å². The van der Waals surface area contributed by atoms with Crippen LogP contribution in [0.1, 0.15) is 92.3 Å². The van der Waals surface area contributed by atoms with E-state index in [0.717, 1.165) is 12.8 Å². The minimum Gasteiger partial charge on any atom is -1.00 e. The molecule has 98 valence electrons. The normalized spacial score (nSPS) is 10.0. The molecule has 1 nitrogen and oxygen atoms in total. The molecule has 0 spiro atoms. The SMILES string of the molecule is CCCCCCCCCCCCCC(C)=O.[H-].[Na+]. The van der Waals surface area contributed by atoms with Crippen LogP contribution in [0.15, 0.2) is 0 Å². The molecule has 0 bridgehead atoms. The van der Waals surface area contributed by atoms with E-state index in [2.05, 4.69) is 6.92 Å². The molecule has 0 aliphatic rings. The van der Waals surface area contributed by atoms with E-state index in [4.69, 9.17) is 0 Å². The average Bonchev–Trinajstić information content (AvgIpc) is 2.25. The largest absolute Gasteiger partial charge is 1.00 e. The van der Waals surface area contributed by atoms with E-state index in [1.807, 2.05) is 0 Å². The third-order valence-corrected chi connectivity index (χ3v) is 3.13. The number of unbranched alkanes of at least 4 members (excludes halogenated alkanes) is 10. The van der Waals surface area contributed by atoms with Gasteiger partial charge in [0.1, 0.15) is 5.78 Å². The van der Waals surface area contributed by atoms with Gasteiger partial charge in [0, 0.05) is 6.42 Å². The Morgan fingerprint density at radius 2 is 1.12 bits per heavy atom. The van der Waals surface area contributed by atoms with Crippen molar-refractivity contribution in [2.24, 2.45) is 0 Å². The summed E-state index contributed by atoms with van der Waals surface area (Å²) in [6.45, 7) is 3.96. The Labute approximate surface area is 132 Å². The number of ketones is 1. The molecule has 17 heavy (non-hydrogen) atoms. The molecule has 0 N–H and O–H groups in total. The second kappa shape index (κ2) is 16.7. The minimum absolute atomic E-state index is 0. The quantitative estimate of drug-likeness (QED) is 0.384. The van der Waals surface area contributed by atoms with Crippen molar-refractivity contribution in [1.82, 2.24) is 0 Å². The first kappa shape index (κ1) is 20.0. The number of hydrogen-bond acceptors (Lipinski definition) is 1. The Kier molecular flexibility index (Phi) is 19.6. The van der Waals surface area contributed by atoms with Crippen molar-refractivity contribution in [2.75, 3.05) is 0 Å². The maximum absolute atomic E-state index is 10.7. The number of rotatable bonds is 12. The van der Waals surface area contributed by atoms with Gasteiger partial charge in [-0.3, -0.25) is 0 Å². The van der Waals surface area contributed by atoms with Gasteiger partial charge in [0.15, 0.2) is 0 Å². The van der Waals surface area contributed by atoms with Crippen molar-refractivity contribution in [1.29, 1.82) is 0 Å². The fourth-order valence-corrected chi connectivity index (χ4v) is 2.04. The van der Waals surface area contributed by atoms with Gasteiger partial charge in [-0.15, -0.1) is 0 Å². The standard InChI is InChI=1S/C15H30O.Na.H/c1-3-4-5-6-7-8-9-10-11-12-13-14-15(2)16;;/h3-14H2,1-2H3;;/q;+1;-1. The Balaban J connectivity index is -0.00000112. The molecule has 0 aromatic heterocycles. The molecule has 0 aliphatic carbocycles. The molecule has 0 saturated heterocycles. The first-order chi connectivity index (χ1) is 7.77. The Bertz CT molecular complexity index is 163. The van der Waals surface area contributed by atoms with Crippen molar-refractivity contribution in [2.45, 2.75) is 90.9 Å². The van der Waals surface area contributed by atoms with Gasteiger partial charge < -0.3 is 6.22 Å². The smallest absolute Gasteiger partial charge is 1.00 e. The molecule has 0 unspecified atom stereocenters. The zero-order valence-electron chi connectivity index (χ0n) is 13.4. The zero-order chi connectivity index (χ0) is 12.1. The van der Waals surface area contributed by atoms with Crippen molar-refractivity contribution < 1.29 is 35.8 Å². The third kappa shape index (κ3) is 19.2. The molecule has 0 rings (SSSR count). The summed E-state index contributed by atoms with van der Waals surface area (Å²) in [6, 6.07) is 0. The van der Waals surface area contributed by atoms with Crippen LogP contribution in [-0.4, -0.2) is 5.78 Å². The number of hydrogen-bond donors (Lipinski definition) is 0. The van der Waals surface area contributed by atoms with Crippen LogP contribution in [0, 0.1) is 0 Å². The van der Waals surface area contributed by atoms with Gasteiger partial charge in [0.25, 0.3) is 0 Å². The van der Waals surface area contributed by atoms with Crippen LogP contribution in [0.4, 0.5) is 0 Å². The zero-order valence-corrected chi connectivity index (χ0v) is 14.4. The predicted molar refractivity (Wildman–Crippen MR) is 72.9 cm³/mol. The first-order valence-electron chi connectivity index (χ1n) is 7.26. The number of carbonyl (C=O) groups is 1. The Hall–Kier alpha value is 0.670. The summed E-state index contributed by atoms with van der Waals surface area (Å²) in [7, 11) is 0. The van der Waals surface area contributed by atoms with E-state index in [9.17, 15) is 4.79 Å². The van der Waals surface area contributed by atoms with Gasteiger partial charge in [0.05, 0.1) is 0 Å². The Morgan fingerprint density at radius 1 is 0.765 bits per heavy atom. The van der Waals surface area contributed by atoms with E-state index in [1.165, 1.54) is 64.2 Å². The maximum atomic E-state index is 10.7. The van der Waals surface area contributed by atoms with Gasteiger partial charge in [-0.2, -0.15) is 0 Å². The van der Waals surface area contributed by atoms with Gasteiger partial charge in [-0.25, -0.2) is 0 Å². The summed E-state index contributed by atoms with van der Waals surface area (Å²) in [6.07, 6.45) is 15.7. The number of carbonyl (C=O) groups excluding carboxylic acids is 1. The minimum atomic E-state index is 0. The van der Waals surface area contributed by atoms with Crippen molar-refractivity contribution in [3.63, 3.8) is 0 Å². The summed E-state index contributed by atoms with van der Waals surface area (Å²) in [4.78, 5) is 10.7. The van der Waals surface area contributed by atoms with Gasteiger partial charge >= 0.3 is 29.6 Å². The third-order valence-electron chi connectivity index (χ3n) is 3.13. The topological polar surface area (TPSA) is 17.1 Å². The summed E-state index contributed by atoms with van der Waals surface area (Å²) >= 11 is 0. The van der Waals surface area contributed by atoms with Crippen molar-refractivity contribution in [3.05, 3.63) is 0 Å². The van der Waals surface area contributed by atoms with E-state index < -0.39 is 0 Å². The van der Waals surface area contributed by atoms with Crippen LogP contribution < -0.4 is 29.6 Å². The molecule has 0 heterocycles. The molecule has 0 radical (unpaired) electrons. The molecule has 0 fully saturated rings. The van der Waals surface area contributed by atoms with Crippen LogP contribution in [0.5, 0.6) is 0 Å². The first-order valence-corrected chi connectivity index (χ1v) is 7.26. The summed E-state index contributed by atoms with van der Waals surface area (Å²) in [5.74, 6) is 0.343. The van der Waals surface area contributed by atoms with Crippen LogP contribution in [0.3, 0.4) is 0 Å². The van der Waals surface area contributed by atoms with Gasteiger partial charge in [0.2, 0.25) is 0 Å².